The molecule has 0 radical (unpaired) electrons. The molecular formula is C16H16Cl2N2O5S. The largest absolute Gasteiger partial charge is 0.493 e. The Labute approximate surface area is 161 Å². The zero-order chi connectivity index (χ0) is 19.3. The Hall–Kier alpha value is -2.00. The monoisotopic (exact) mass is 418 g/mol. The molecule has 0 fully saturated rings. The maximum atomic E-state index is 12.3. The van der Waals surface area contributed by atoms with Gasteiger partial charge in [-0.3, -0.25) is 4.79 Å². The molecule has 7 nitrogen and oxygen atoms in total. The first kappa shape index (κ1) is 20.3. The normalized spacial score (nSPS) is 11.1. The van der Waals surface area contributed by atoms with Crippen molar-refractivity contribution in [1.29, 1.82) is 0 Å². The lowest BCUT2D eigenvalue weighted by Gasteiger charge is -2.11. The van der Waals surface area contributed by atoms with Gasteiger partial charge < -0.3 is 14.8 Å². The SMILES string of the molecule is COc1ccc(S(=O)(=O)NCC(=O)Nc2ccc(Cl)c(Cl)c2)cc1OC. The molecular weight excluding hydrogens is 403 g/mol. The molecule has 1 amide bonds. The average molecular weight is 419 g/mol. The lowest BCUT2D eigenvalue weighted by atomic mass is 10.3. The summed E-state index contributed by atoms with van der Waals surface area (Å²) in [5.74, 6) is 0.0897. The third kappa shape index (κ3) is 5.01. The molecule has 0 aromatic heterocycles. The summed E-state index contributed by atoms with van der Waals surface area (Å²) < 4.78 is 37.0. The molecule has 0 heterocycles. The molecule has 140 valence electrons. The number of ether oxygens (including phenoxy) is 2. The zero-order valence-electron chi connectivity index (χ0n) is 13.9. The van der Waals surface area contributed by atoms with Gasteiger partial charge >= 0.3 is 0 Å². The molecule has 0 aliphatic rings. The van der Waals surface area contributed by atoms with Crippen molar-refractivity contribution in [2.75, 3.05) is 26.1 Å². The fourth-order valence-electron chi connectivity index (χ4n) is 2.01. The summed E-state index contributed by atoms with van der Waals surface area (Å²) in [7, 11) is -1.08. The number of carbonyl (C=O) groups is 1. The van der Waals surface area contributed by atoms with Crippen LogP contribution in [0.4, 0.5) is 5.69 Å². The molecule has 0 atom stereocenters. The van der Waals surface area contributed by atoms with Gasteiger partial charge in [0.1, 0.15) is 0 Å². The highest BCUT2D eigenvalue weighted by atomic mass is 35.5. The molecule has 0 aliphatic heterocycles. The van der Waals surface area contributed by atoms with Crippen molar-refractivity contribution in [3.05, 3.63) is 46.4 Å². The molecule has 26 heavy (non-hydrogen) atoms. The predicted molar refractivity (Wildman–Crippen MR) is 99.8 cm³/mol. The van der Waals surface area contributed by atoms with E-state index in [1.165, 1.54) is 44.6 Å². The number of anilines is 1. The molecule has 0 saturated heterocycles. The first-order valence-corrected chi connectivity index (χ1v) is 9.47. The fraction of sp³-hybridized carbons (Fsp3) is 0.188. The number of hydrogen-bond acceptors (Lipinski definition) is 5. The van der Waals surface area contributed by atoms with Gasteiger partial charge in [-0.05, 0) is 30.3 Å². The lowest BCUT2D eigenvalue weighted by molar-refractivity contribution is -0.115. The van der Waals surface area contributed by atoms with Crippen LogP contribution in [0.25, 0.3) is 0 Å². The number of sulfonamides is 1. The number of amides is 1. The summed E-state index contributed by atoms with van der Waals surface area (Å²) in [5.41, 5.74) is 0.398. The minimum Gasteiger partial charge on any atom is -0.493 e. The molecule has 2 aromatic carbocycles. The van der Waals surface area contributed by atoms with Crippen molar-refractivity contribution >= 4 is 44.8 Å². The Kier molecular flexibility index (Phi) is 6.71. The summed E-state index contributed by atoms with van der Waals surface area (Å²) in [4.78, 5) is 11.9. The maximum absolute atomic E-state index is 12.3. The first-order chi connectivity index (χ1) is 12.3. The van der Waals surface area contributed by atoms with Crippen molar-refractivity contribution < 1.29 is 22.7 Å². The quantitative estimate of drug-likeness (QED) is 0.720. The van der Waals surface area contributed by atoms with Crippen LogP contribution in [0.3, 0.4) is 0 Å². The number of carbonyl (C=O) groups excluding carboxylic acids is 1. The second-order valence-corrected chi connectivity index (χ2v) is 7.60. The highest BCUT2D eigenvalue weighted by Gasteiger charge is 2.18. The van der Waals surface area contributed by atoms with E-state index in [9.17, 15) is 13.2 Å². The highest BCUT2D eigenvalue weighted by molar-refractivity contribution is 7.89. The summed E-state index contributed by atoms with van der Waals surface area (Å²) in [5, 5.41) is 3.14. The Balaban J connectivity index is 2.05. The summed E-state index contributed by atoms with van der Waals surface area (Å²) in [6.07, 6.45) is 0. The van der Waals surface area contributed by atoms with Crippen molar-refractivity contribution in [2.24, 2.45) is 0 Å². The molecule has 0 unspecified atom stereocenters. The average Bonchev–Trinajstić information content (AvgIpc) is 2.62. The number of nitrogens with one attached hydrogen (secondary N) is 2. The molecule has 2 aromatic rings. The van der Waals surface area contributed by atoms with E-state index in [1.54, 1.807) is 6.07 Å². The topological polar surface area (TPSA) is 93.7 Å². The molecule has 0 saturated carbocycles. The Morgan fingerprint density at radius 1 is 1.00 bits per heavy atom. The third-order valence-electron chi connectivity index (χ3n) is 3.29. The Morgan fingerprint density at radius 3 is 2.31 bits per heavy atom. The van der Waals surface area contributed by atoms with E-state index in [4.69, 9.17) is 32.7 Å². The predicted octanol–water partition coefficient (Wildman–Crippen LogP) is 2.93. The van der Waals surface area contributed by atoms with E-state index in [1.807, 2.05) is 0 Å². The first-order valence-electron chi connectivity index (χ1n) is 7.23. The van der Waals surface area contributed by atoms with E-state index in [0.717, 1.165) is 0 Å². The van der Waals surface area contributed by atoms with Gasteiger partial charge in [-0.2, -0.15) is 0 Å². The molecule has 0 aliphatic carbocycles. The van der Waals surface area contributed by atoms with Crippen LogP contribution >= 0.6 is 23.2 Å². The van der Waals surface area contributed by atoms with Gasteiger partial charge in [0.2, 0.25) is 15.9 Å². The molecule has 2 N–H and O–H groups in total. The van der Waals surface area contributed by atoms with Gasteiger partial charge in [-0.1, -0.05) is 23.2 Å². The molecule has 0 spiro atoms. The summed E-state index contributed by atoms with van der Waals surface area (Å²) >= 11 is 11.7. The number of methoxy groups -OCH3 is 2. The number of halogens is 2. The number of benzene rings is 2. The van der Waals surface area contributed by atoms with Crippen LogP contribution in [0.15, 0.2) is 41.3 Å². The van der Waals surface area contributed by atoms with Crippen LogP contribution in [0.1, 0.15) is 0 Å². The second-order valence-electron chi connectivity index (χ2n) is 5.02. The van der Waals surface area contributed by atoms with Crippen LogP contribution in [-0.2, 0) is 14.8 Å². The minimum absolute atomic E-state index is 0.0579. The minimum atomic E-state index is -3.91. The van der Waals surface area contributed by atoms with Crippen LogP contribution in [0.2, 0.25) is 10.0 Å². The number of hydrogen-bond donors (Lipinski definition) is 2. The zero-order valence-corrected chi connectivity index (χ0v) is 16.2. The van der Waals surface area contributed by atoms with E-state index in [2.05, 4.69) is 10.0 Å². The van der Waals surface area contributed by atoms with E-state index in [-0.39, 0.29) is 15.7 Å². The van der Waals surface area contributed by atoms with E-state index in [0.29, 0.717) is 16.5 Å². The van der Waals surface area contributed by atoms with Crippen LogP contribution in [-0.4, -0.2) is 35.1 Å². The van der Waals surface area contributed by atoms with Crippen molar-refractivity contribution in [3.63, 3.8) is 0 Å². The molecule has 2 rings (SSSR count). The van der Waals surface area contributed by atoms with E-state index < -0.39 is 22.5 Å². The van der Waals surface area contributed by atoms with Gasteiger partial charge in [0.05, 0.1) is 35.7 Å². The van der Waals surface area contributed by atoms with Gasteiger partial charge in [-0.25, -0.2) is 13.1 Å². The standard InChI is InChI=1S/C16H16Cl2N2O5S/c1-24-14-6-4-11(8-15(14)25-2)26(22,23)19-9-16(21)20-10-3-5-12(17)13(18)7-10/h3-8,19H,9H2,1-2H3,(H,20,21). The highest BCUT2D eigenvalue weighted by Crippen LogP contribution is 2.29. The summed E-state index contributed by atoms with van der Waals surface area (Å²) in [6, 6.07) is 8.65. The Bertz CT molecular complexity index is 919. The molecule has 0 bridgehead atoms. The van der Waals surface area contributed by atoms with Gasteiger partial charge in [-0.15, -0.1) is 0 Å². The second kappa shape index (κ2) is 8.59. The molecule has 10 heteroatoms. The van der Waals surface area contributed by atoms with Gasteiger partial charge in [0.25, 0.3) is 0 Å². The fourth-order valence-corrected chi connectivity index (χ4v) is 3.30. The third-order valence-corrected chi connectivity index (χ3v) is 5.43. The summed E-state index contributed by atoms with van der Waals surface area (Å²) in [6.45, 7) is -0.461. The van der Waals surface area contributed by atoms with Crippen molar-refractivity contribution in [3.8, 4) is 11.5 Å². The van der Waals surface area contributed by atoms with Gasteiger partial charge in [0.15, 0.2) is 11.5 Å². The lowest BCUT2D eigenvalue weighted by Crippen LogP contribution is -2.32. The Morgan fingerprint density at radius 2 is 1.69 bits per heavy atom. The van der Waals surface area contributed by atoms with Crippen LogP contribution < -0.4 is 19.5 Å². The van der Waals surface area contributed by atoms with E-state index >= 15 is 0 Å². The maximum Gasteiger partial charge on any atom is 0.241 e. The smallest absolute Gasteiger partial charge is 0.241 e. The van der Waals surface area contributed by atoms with Crippen LogP contribution in [0.5, 0.6) is 11.5 Å². The van der Waals surface area contributed by atoms with Crippen LogP contribution in [0, 0.1) is 0 Å². The van der Waals surface area contributed by atoms with Crippen molar-refractivity contribution in [2.45, 2.75) is 4.90 Å². The van der Waals surface area contributed by atoms with Gasteiger partial charge in [0, 0.05) is 11.8 Å². The van der Waals surface area contributed by atoms with Crippen molar-refractivity contribution in [1.82, 2.24) is 4.72 Å². The number of rotatable bonds is 7.